The number of nitrogens with zero attached hydrogens (tertiary/aromatic N) is 3. The molecule has 1 fully saturated rings. The fourth-order valence-corrected chi connectivity index (χ4v) is 4.08. The number of nitrogens with one attached hydrogen (secondary N) is 2. The van der Waals surface area contributed by atoms with E-state index in [-0.39, 0.29) is 23.6 Å². The summed E-state index contributed by atoms with van der Waals surface area (Å²) in [5, 5.41) is 16.7. The van der Waals surface area contributed by atoms with E-state index < -0.39 is 10.8 Å². The Balaban J connectivity index is 1.31. The van der Waals surface area contributed by atoms with Crippen LogP contribution in [0.25, 0.3) is 0 Å². The Morgan fingerprint density at radius 1 is 0.943 bits per heavy atom. The van der Waals surface area contributed by atoms with Gasteiger partial charge in [-0.05, 0) is 42.0 Å². The summed E-state index contributed by atoms with van der Waals surface area (Å²) in [5.41, 5.74) is 2.92. The molecule has 35 heavy (non-hydrogen) atoms. The first-order chi connectivity index (χ1) is 16.9. The molecule has 1 aliphatic rings. The van der Waals surface area contributed by atoms with Gasteiger partial charge in [0.15, 0.2) is 0 Å². The van der Waals surface area contributed by atoms with Crippen LogP contribution in [-0.4, -0.2) is 54.9 Å². The van der Waals surface area contributed by atoms with Gasteiger partial charge in [-0.15, -0.1) is 0 Å². The van der Waals surface area contributed by atoms with E-state index in [1.165, 1.54) is 23.9 Å². The molecule has 4 rings (SSSR count). The molecule has 0 bridgehead atoms. The summed E-state index contributed by atoms with van der Waals surface area (Å²) in [7, 11) is 1.58. The van der Waals surface area contributed by atoms with Gasteiger partial charge in [0.1, 0.15) is 5.69 Å². The van der Waals surface area contributed by atoms with Crippen molar-refractivity contribution in [1.29, 1.82) is 0 Å². The van der Waals surface area contributed by atoms with Crippen LogP contribution in [0.5, 0.6) is 0 Å². The fourth-order valence-electron chi connectivity index (χ4n) is 4.08. The first-order valence-electron chi connectivity index (χ1n) is 11.4. The zero-order valence-electron chi connectivity index (χ0n) is 19.4. The summed E-state index contributed by atoms with van der Waals surface area (Å²) in [4.78, 5) is 40.2. The highest BCUT2D eigenvalue weighted by atomic mass is 16.6. The summed E-state index contributed by atoms with van der Waals surface area (Å²) in [6.07, 6.45) is 0.289. The third kappa shape index (κ3) is 5.75. The van der Waals surface area contributed by atoms with E-state index in [9.17, 15) is 19.7 Å². The van der Waals surface area contributed by atoms with Gasteiger partial charge in [-0.3, -0.25) is 19.7 Å². The molecule has 0 atom stereocenters. The minimum absolute atomic E-state index is 0.0754. The highest BCUT2D eigenvalue weighted by Gasteiger charge is 2.21. The van der Waals surface area contributed by atoms with Gasteiger partial charge in [0.05, 0.1) is 11.3 Å². The molecule has 180 valence electrons. The maximum Gasteiger partial charge on any atom is 0.293 e. The minimum atomic E-state index is -0.532. The molecule has 0 saturated carbocycles. The van der Waals surface area contributed by atoms with Gasteiger partial charge in [0, 0.05) is 56.2 Å². The topological polar surface area (TPSA) is 108 Å². The van der Waals surface area contributed by atoms with Crippen LogP contribution >= 0.6 is 0 Å². The summed E-state index contributed by atoms with van der Waals surface area (Å²) >= 11 is 0. The maximum absolute atomic E-state index is 12.8. The number of hydrogen-bond donors (Lipinski definition) is 2. The van der Waals surface area contributed by atoms with E-state index in [4.69, 9.17) is 0 Å². The second-order valence-corrected chi connectivity index (χ2v) is 8.27. The number of amides is 2. The fraction of sp³-hybridized carbons (Fsp3) is 0.231. The van der Waals surface area contributed by atoms with Gasteiger partial charge in [-0.1, -0.05) is 30.3 Å². The number of carbonyl (C=O) groups excluding carboxylic acids is 2. The molecule has 0 unspecified atom stereocenters. The van der Waals surface area contributed by atoms with Gasteiger partial charge in [-0.25, -0.2) is 0 Å². The van der Waals surface area contributed by atoms with Crippen LogP contribution in [0.3, 0.4) is 0 Å². The smallest absolute Gasteiger partial charge is 0.293 e. The van der Waals surface area contributed by atoms with Crippen LogP contribution in [0, 0.1) is 10.1 Å². The van der Waals surface area contributed by atoms with E-state index in [1.54, 1.807) is 31.3 Å². The lowest BCUT2D eigenvalue weighted by molar-refractivity contribution is -0.384. The lowest BCUT2D eigenvalue weighted by Crippen LogP contribution is -2.49. The van der Waals surface area contributed by atoms with Crippen molar-refractivity contribution in [3.8, 4) is 0 Å². The Kier molecular flexibility index (Phi) is 7.25. The lowest BCUT2D eigenvalue weighted by atomic mass is 10.1. The van der Waals surface area contributed by atoms with Gasteiger partial charge in [-0.2, -0.15) is 0 Å². The van der Waals surface area contributed by atoms with Crippen LogP contribution in [0.4, 0.5) is 22.7 Å². The molecule has 0 radical (unpaired) electrons. The Labute approximate surface area is 203 Å². The van der Waals surface area contributed by atoms with Crippen molar-refractivity contribution in [3.63, 3.8) is 0 Å². The summed E-state index contributed by atoms with van der Waals surface area (Å²) in [5.74, 6) is -0.373. The van der Waals surface area contributed by atoms with Crippen molar-refractivity contribution in [3.05, 3.63) is 94.0 Å². The third-order valence-corrected chi connectivity index (χ3v) is 6.05. The highest BCUT2D eigenvalue weighted by Crippen LogP contribution is 2.25. The molecule has 3 aromatic carbocycles. The van der Waals surface area contributed by atoms with Gasteiger partial charge in [0.25, 0.3) is 11.6 Å². The van der Waals surface area contributed by atoms with Crippen molar-refractivity contribution < 1.29 is 14.5 Å². The predicted octanol–water partition coefficient (Wildman–Crippen LogP) is 3.78. The van der Waals surface area contributed by atoms with Gasteiger partial charge < -0.3 is 20.4 Å². The number of carbonyl (C=O) groups is 2. The number of para-hydroxylation sites is 1. The van der Waals surface area contributed by atoms with E-state index >= 15 is 0 Å². The zero-order valence-corrected chi connectivity index (χ0v) is 19.4. The Hall–Kier alpha value is -4.40. The number of nitro groups is 1. The molecule has 1 saturated heterocycles. The van der Waals surface area contributed by atoms with Crippen molar-refractivity contribution in [2.75, 3.05) is 48.8 Å². The standard InChI is InChI=1S/C26H27N5O4/c1-27-23-12-9-20(18-24(23)31(34)35)26(33)28-21-10-7-19(8-11-21)17-25(32)30-15-13-29(14-16-30)22-5-3-2-4-6-22/h2-12,18,27H,13-17H2,1H3,(H,28,33). The first-order valence-corrected chi connectivity index (χ1v) is 11.4. The zero-order chi connectivity index (χ0) is 24.8. The van der Waals surface area contributed by atoms with Gasteiger partial charge in [0.2, 0.25) is 5.91 Å². The van der Waals surface area contributed by atoms with E-state index in [1.807, 2.05) is 23.1 Å². The van der Waals surface area contributed by atoms with Crippen molar-refractivity contribution in [2.45, 2.75) is 6.42 Å². The Morgan fingerprint density at radius 2 is 1.63 bits per heavy atom. The van der Waals surface area contributed by atoms with E-state index in [0.29, 0.717) is 24.5 Å². The van der Waals surface area contributed by atoms with Crippen molar-refractivity contribution in [1.82, 2.24) is 4.90 Å². The summed E-state index contributed by atoms with van der Waals surface area (Å²) in [6.45, 7) is 2.96. The average Bonchev–Trinajstić information content (AvgIpc) is 2.90. The molecule has 9 nitrogen and oxygen atoms in total. The molecule has 1 aliphatic heterocycles. The van der Waals surface area contributed by atoms with Crippen molar-refractivity contribution >= 4 is 34.6 Å². The number of anilines is 3. The SMILES string of the molecule is CNc1ccc(C(=O)Nc2ccc(CC(=O)N3CCN(c4ccccc4)CC3)cc2)cc1[N+](=O)[O-]. The molecule has 2 N–H and O–H groups in total. The second-order valence-electron chi connectivity index (χ2n) is 8.27. The monoisotopic (exact) mass is 473 g/mol. The second kappa shape index (κ2) is 10.7. The number of hydrogen-bond acceptors (Lipinski definition) is 6. The summed E-state index contributed by atoms with van der Waals surface area (Å²) in [6, 6.07) is 21.5. The third-order valence-electron chi connectivity index (χ3n) is 6.05. The molecule has 0 aromatic heterocycles. The molecule has 0 spiro atoms. The number of benzene rings is 3. The van der Waals surface area contributed by atoms with Crippen LogP contribution < -0.4 is 15.5 Å². The normalized spacial score (nSPS) is 13.3. The molecular formula is C26H27N5O4. The Morgan fingerprint density at radius 3 is 2.26 bits per heavy atom. The van der Waals surface area contributed by atoms with Crippen LogP contribution in [0.1, 0.15) is 15.9 Å². The number of nitro benzene ring substituents is 1. The van der Waals surface area contributed by atoms with Gasteiger partial charge >= 0.3 is 0 Å². The largest absolute Gasteiger partial charge is 0.383 e. The maximum atomic E-state index is 12.8. The highest BCUT2D eigenvalue weighted by molar-refractivity contribution is 6.05. The van der Waals surface area contributed by atoms with Crippen LogP contribution in [-0.2, 0) is 11.2 Å². The average molecular weight is 474 g/mol. The quantitative estimate of drug-likeness (QED) is 0.399. The Bertz CT molecular complexity index is 1210. The lowest BCUT2D eigenvalue weighted by Gasteiger charge is -2.36. The molecule has 1 heterocycles. The van der Waals surface area contributed by atoms with Crippen LogP contribution in [0.2, 0.25) is 0 Å². The first kappa shape index (κ1) is 23.7. The minimum Gasteiger partial charge on any atom is -0.383 e. The van der Waals surface area contributed by atoms with E-state index in [0.717, 1.165) is 18.7 Å². The number of rotatable bonds is 7. The molecule has 0 aliphatic carbocycles. The van der Waals surface area contributed by atoms with E-state index in [2.05, 4.69) is 27.7 Å². The molecule has 9 heteroatoms. The molecule has 3 aromatic rings. The van der Waals surface area contributed by atoms with Crippen LogP contribution in [0.15, 0.2) is 72.8 Å². The molecular weight excluding hydrogens is 446 g/mol. The summed E-state index contributed by atoms with van der Waals surface area (Å²) < 4.78 is 0. The molecule has 2 amide bonds. The van der Waals surface area contributed by atoms with Crippen molar-refractivity contribution in [2.24, 2.45) is 0 Å². The predicted molar refractivity (Wildman–Crippen MR) is 136 cm³/mol. The number of piperazine rings is 1.